The normalized spacial score (nSPS) is 10.4. The van der Waals surface area contributed by atoms with Crippen LogP contribution in [0.2, 0.25) is 0 Å². The highest BCUT2D eigenvalue weighted by atomic mass is 16.5. The van der Waals surface area contributed by atoms with E-state index in [1.165, 1.54) is 16.7 Å². The molecule has 2 nitrogen and oxygen atoms in total. The molecule has 0 amide bonds. The van der Waals surface area contributed by atoms with Crippen LogP contribution in [0.25, 0.3) is 0 Å². The number of hydrogen-bond donors (Lipinski definition) is 1. The van der Waals surface area contributed by atoms with E-state index in [0.717, 1.165) is 18.6 Å². The van der Waals surface area contributed by atoms with Gasteiger partial charge in [-0.3, -0.25) is 0 Å². The third-order valence-electron chi connectivity index (χ3n) is 2.40. The molecule has 0 saturated heterocycles. The van der Waals surface area contributed by atoms with Gasteiger partial charge >= 0.3 is 0 Å². The second-order valence-corrected chi connectivity index (χ2v) is 4.01. The van der Waals surface area contributed by atoms with Crippen LogP contribution in [-0.2, 0) is 0 Å². The monoisotopic (exact) mass is 208 g/mol. The summed E-state index contributed by atoms with van der Waals surface area (Å²) >= 11 is 0. The lowest BCUT2D eigenvalue weighted by atomic mass is 10.1. The quantitative estimate of drug-likeness (QED) is 0.754. The summed E-state index contributed by atoms with van der Waals surface area (Å²) < 4.78 is 5.71. The van der Waals surface area contributed by atoms with Crippen LogP contribution in [0.4, 0.5) is 0 Å². The molecule has 0 aliphatic carbocycles. The highest BCUT2D eigenvalue weighted by molar-refractivity contribution is 5.42. The van der Waals surface area contributed by atoms with Crippen LogP contribution in [0.5, 0.6) is 5.75 Å². The molecule has 0 spiro atoms. The molecule has 1 aromatic rings. The molecule has 84 valence electrons. The number of unbranched alkanes of at least 4 members (excludes halogenated alkanes) is 1. The fourth-order valence-corrected chi connectivity index (χ4v) is 1.78. The number of rotatable bonds is 5. The fourth-order valence-electron chi connectivity index (χ4n) is 1.78. The molecule has 2 heteroatoms. The minimum atomic E-state index is 0.245. The Hall–Kier alpha value is -1.02. The van der Waals surface area contributed by atoms with Crippen molar-refractivity contribution in [3.63, 3.8) is 0 Å². The summed E-state index contributed by atoms with van der Waals surface area (Å²) in [6.07, 6.45) is 1.72. The van der Waals surface area contributed by atoms with Crippen LogP contribution in [-0.4, -0.2) is 18.3 Å². The number of ether oxygens (including phenoxy) is 1. The van der Waals surface area contributed by atoms with E-state index >= 15 is 0 Å². The molecule has 0 unspecified atom stereocenters. The molecular formula is C13H20O2. The Kier molecular flexibility index (Phi) is 4.63. The Balaban J connectivity index is 2.60. The van der Waals surface area contributed by atoms with Crippen molar-refractivity contribution >= 4 is 0 Å². The zero-order valence-corrected chi connectivity index (χ0v) is 9.84. The largest absolute Gasteiger partial charge is 0.493 e. The predicted octanol–water partition coefficient (Wildman–Crippen LogP) is 2.76. The average molecular weight is 208 g/mol. The molecule has 0 fully saturated rings. The van der Waals surface area contributed by atoms with Gasteiger partial charge in [-0.1, -0.05) is 17.7 Å². The highest BCUT2D eigenvalue weighted by Gasteiger charge is 2.04. The first-order valence-electron chi connectivity index (χ1n) is 5.46. The molecule has 0 aliphatic heterocycles. The number of benzene rings is 1. The van der Waals surface area contributed by atoms with Gasteiger partial charge in [0.1, 0.15) is 5.75 Å². The topological polar surface area (TPSA) is 29.5 Å². The first kappa shape index (κ1) is 12.1. The van der Waals surface area contributed by atoms with Crippen molar-refractivity contribution in [2.24, 2.45) is 0 Å². The number of aliphatic hydroxyl groups is 1. The van der Waals surface area contributed by atoms with Crippen LogP contribution in [0.15, 0.2) is 12.1 Å². The standard InChI is InChI=1S/C13H20O2/c1-10-8-11(2)13(12(3)9-10)15-7-5-4-6-14/h8-9,14H,4-7H2,1-3H3. The Morgan fingerprint density at radius 2 is 1.67 bits per heavy atom. The Morgan fingerprint density at radius 1 is 1.07 bits per heavy atom. The summed E-state index contributed by atoms with van der Waals surface area (Å²) in [6, 6.07) is 4.27. The van der Waals surface area contributed by atoms with Crippen LogP contribution in [0, 0.1) is 20.8 Å². The third kappa shape index (κ3) is 3.56. The maximum Gasteiger partial charge on any atom is 0.125 e. The van der Waals surface area contributed by atoms with Crippen molar-refractivity contribution in [1.29, 1.82) is 0 Å². The molecule has 0 heterocycles. The lowest BCUT2D eigenvalue weighted by molar-refractivity contribution is 0.252. The van der Waals surface area contributed by atoms with Gasteiger partial charge in [0.2, 0.25) is 0 Å². The number of aliphatic hydroxyl groups excluding tert-OH is 1. The summed E-state index contributed by atoms with van der Waals surface area (Å²) in [5, 5.41) is 8.65. The summed E-state index contributed by atoms with van der Waals surface area (Å²) in [5.74, 6) is 0.999. The Bertz CT molecular complexity index is 295. The van der Waals surface area contributed by atoms with E-state index < -0.39 is 0 Å². The maximum atomic E-state index is 8.65. The minimum absolute atomic E-state index is 0.245. The smallest absolute Gasteiger partial charge is 0.125 e. The van der Waals surface area contributed by atoms with Gasteiger partial charge in [-0.15, -0.1) is 0 Å². The van der Waals surface area contributed by atoms with Crippen LogP contribution in [0.1, 0.15) is 29.5 Å². The van der Waals surface area contributed by atoms with Crippen LogP contribution >= 0.6 is 0 Å². The van der Waals surface area contributed by atoms with Gasteiger partial charge in [-0.05, 0) is 44.7 Å². The number of hydrogen-bond acceptors (Lipinski definition) is 2. The van der Waals surface area contributed by atoms with Gasteiger partial charge in [-0.2, -0.15) is 0 Å². The third-order valence-corrected chi connectivity index (χ3v) is 2.40. The fraction of sp³-hybridized carbons (Fsp3) is 0.538. The molecule has 0 bridgehead atoms. The first-order chi connectivity index (χ1) is 7.15. The van der Waals surface area contributed by atoms with Crippen molar-refractivity contribution in [3.8, 4) is 5.75 Å². The lowest BCUT2D eigenvalue weighted by Crippen LogP contribution is -2.01. The predicted molar refractivity (Wildman–Crippen MR) is 62.5 cm³/mol. The maximum absolute atomic E-state index is 8.65. The van der Waals surface area contributed by atoms with E-state index in [4.69, 9.17) is 9.84 Å². The zero-order valence-electron chi connectivity index (χ0n) is 9.84. The second kappa shape index (κ2) is 5.76. The molecule has 1 aromatic carbocycles. The zero-order chi connectivity index (χ0) is 11.3. The van der Waals surface area contributed by atoms with Gasteiger partial charge in [0, 0.05) is 6.61 Å². The molecule has 0 aliphatic rings. The molecule has 1 rings (SSSR count). The van der Waals surface area contributed by atoms with Crippen LogP contribution in [0.3, 0.4) is 0 Å². The second-order valence-electron chi connectivity index (χ2n) is 4.01. The van der Waals surface area contributed by atoms with E-state index in [1.54, 1.807) is 0 Å². The Labute approximate surface area is 91.9 Å². The lowest BCUT2D eigenvalue weighted by Gasteiger charge is -2.12. The van der Waals surface area contributed by atoms with E-state index in [2.05, 4.69) is 32.9 Å². The van der Waals surface area contributed by atoms with Crippen molar-refractivity contribution in [2.75, 3.05) is 13.2 Å². The van der Waals surface area contributed by atoms with E-state index in [9.17, 15) is 0 Å². The molecule has 15 heavy (non-hydrogen) atoms. The summed E-state index contributed by atoms with van der Waals surface area (Å²) in [5.41, 5.74) is 3.65. The van der Waals surface area contributed by atoms with E-state index in [1.807, 2.05) is 0 Å². The Morgan fingerprint density at radius 3 is 2.20 bits per heavy atom. The van der Waals surface area contributed by atoms with E-state index in [0.29, 0.717) is 6.61 Å². The van der Waals surface area contributed by atoms with Crippen molar-refractivity contribution in [2.45, 2.75) is 33.6 Å². The van der Waals surface area contributed by atoms with Gasteiger partial charge < -0.3 is 9.84 Å². The molecule has 0 saturated carbocycles. The molecule has 0 atom stereocenters. The minimum Gasteiger partial charge on any atom is -0.493 e. The summed E-state index contributed by atoms with van der Waals surface area (Å²) in [7, 11) is 0. The van der Waals surface area contributed by atoms with Crippen molar-refractivity contribution < 1.29 is 9.84 Å². The van der Waals surface area contributed by atoms with Crippen molar-refractivity contribution in [3.05, 3.63) is 28.8 Å². The van der Waals surface area contributed by atoms with Gasteiger partial charge in [0.25, 0.3) is 0 Å². The van der Waals surface area contributed by atoms with Crippen LogP contribution < -0.4 is 4.74 Å². The molecule has 0 radical (unpaired) electrons. The highest BCUT2D eigenvalue weighted by Crippen LogP contribution is 2.24. The van der Waals surface area contributed by atoms with Crippen molar-refractivity contribution in [1.82, 2.24) is 0 Å². The summed E-state index contributed by atoms with van der Waals surface area (Å²) in [6.45, 7) is 7.17. The summed E-state index contributed by atoms with van der Waals surface area (Å²) in [4.78, 5) is 0. The SMILES string of the molecule is Cc1cc(C)c(OCCCCO)c(C)c1. The molecule has 0 aromatic heterocycles. The molecular weight excluding hydrogens is 188 g/mol. The van der Waals surface area contributed by atoms with Gasteiger partial charge in [-0.25, -0.2) is 0 Å². The van der Waals surface area contributed by atoms with Gasteiger partial charge in [0.05, 0.1) is 6.61 Å². The van der Waals surface area contributed by atoms with Gasteiger partial charge in [0.15, 0.2) is 0 Å². The number of aryl methyl sites for hydroxylation is 3. The average Bonchev–Trinajstić information content (AvgIpc) is 2.15. The first-order valence-corrected chi connectivity index (χ1v) is 5.46. The molecule has 1 N–H and O–H groups in total. The van der Waals surface area contributed by atoms with E-state index in [-0.39, 0.29) is 6.61 Å².